The molecule has 0 aliphatic carbocycles. The Hall–Kier alpha value is -2.09. The Balaban J connectivity index is 2.38. The van der Waals surface area contributed by atoms with Crippen LogP contribution in [-0.4, -0.2) is 19.8 Å². The molecule has 0 unspecified atom stereocenters. The molecule has 0 aromatic heterocycles. The predicted molar refractivity (Wildman–Crippen MR) is 83.8 cm³/mol. The van der Waals surface area contributed by atoms with Crippen molar-refractivity contribution in [3.8, 4) is 0 Å². The number of aryl methyl sites for hydroxylation is 1. The number of aliphatic imine (C=N–C) groups is 1. The highest BCUT2D eigenvalue weighted by atomic mass is 15.1. The van der Waals surface area contributed by atoms with Crippen molar-refractivity contribution in [1.82, 2.24) is 0 Å². The zero-order valence-electron chi connectivity index (χ0n) is 12.0. The number of hydrogen-bond donors (Lipinski definition) is 0. The van der Waals surface area contributed by atoms with Gasteiger partial charge >= 0.3 is 0 Å². The Labute approximate surface area is 115 Å². The largest absolute Gasteiger partial charge is 0.376 e. The number of rotatable bonds is 3. The zero-order valence-corrected chi connectivity index (χ0v) is 12.0. The van der Waals surface area contributed by atoms with Gasteiger partial charge in [-0.05, 0) is 31.5 Å². The second kappa shape index (κ2) is 5.70. The lowest BCUT2D eigenvalue weighted by Gasteiger charge is -2.15. The molecule has 0 spiro atoms. The molecule has 0 amide bonds. The van der Waals surface area contributed by atoms with Crippen LogP contribution in [0.5, 0.6) is 0 Å². The van der Waals surface area contributed by atoms with E-state index in [2.05, 4.69) is 49.1 Å². The highest BCUT2D eigenvalue weighted by molar-refractivity contribution is 6.01. The van der Waals surface area contributed by atoms with E-state index in [1.807, 2.05) is 32.3 Å². The normalized spacial score (nSPS) is 11.5. The summed E-state index contributed by atoms with van der Waals surface area (Å²) in [6.45, 7) is 4.15. The Bertz CT molecular complexity index is 580. The van der Waals surface area contributed by atoms with E-state index in [0.29, 0.717) is 0 Å². The molecule has 0 heterocycles. The molecule has 19 heavy (non-hydrogen) atoms. The van der Waals surface area contributed by atoms with Gasteiger partial charge in [0.15, 0.2) is 0 Å². The van der Waals surface area contributed by atoms with E-state index in [9.17, 15) is 0 Å². The summed E-state index contributed by atoms with van der Waals surface area (Å²) in [4.78, 5) is 6.84. The van der Waals surface area contributed by atoms with E-state index >= 15 is 0 Å². The van der Waals surface area contributed by atoms with Crippen molar-refractivity contribution in [3.05, 3.63) is 59.7 Å². The smallest absolute Gasteiger partial charge is 0.0866 e. The number of para-hydroxylation sites is 2. The molecule has 2 aromatic carbocycles. The summed E-state index contributed by atoms with van der Waals surface area (Å²) in [6, 6.07) is 16.7. The molecule has 98 valence electrons. The molecule has 0 fully saturated rings. The van der Waals surface area contributed by atoms with Crippen molar-refractivity contribution < 1.29 is 0 Å². The Morgan fingerprint density at radius 1 is 0.947 bits per heavy atom. The van der Waals surface area contributed by atoms with Crippen LogP contribution in [-0.2, 0) is 0 Å². The van der Waals surface area contributed by atoms with Gasteiger partial charge in [-0.3, -0.25) is 4.99 Å². The monoisotopic (exact) mass is 252 g/mol. The minimum absolute atomic E-state index is 1.01. The van der Waals surface area contributed by atoms with E-state index < -0.39 is 0 Å². The predicted octanol–water partition coefficient (Wildman–Crippen LogP) is 4.20. The molecule has 0 saturated carbocycles. The van der Waals surface area contributed by atoms with Gasteiger partial charge in [-0.2, -0.15) is 0 Å². The molecule has 0 atom stereocenters. The fourth-order valence-corrected chi connectivity index (χ4v) is 1.98. The van der Waals surface area contributed by atoms with Crippen LogP contribution in [0.1, 0.15) is 18.1 Å². The van der Waals surface area contributed by atoms with E-state index in [0.717, 1.165) is 17.1 Å². The summed E-state index contributed by atoms with van der Waals surface area (Å²) in [6.07, 6.45) is 0. The summed E-state index contributed by atoms with van der Waals surface area (Å²) in [5.41, 5.74) is 5.61. The van der Waals surface area contributed by atoms with Crippen molar-refractivity contribution in [3.63, 3.8) is 0 Å². The van der Waals surface area contributed by atoms with E-state index in [-0.39, 0.29) is 0 Å². The maximum Gasteiger partial charge on any atom is 0.0866 e. The van der Waals surface area contributed by atoms with Crippen molar-refractivity contribution in [1.29, 1.82) is 0 Å². The van der Waals surface area contributed by atoms with Crippen molar-refractivity contribution in [2.24, 2.45) is 4.99 Å². The zero-order chi connectivity index (χ0) is 13.8. The van der Waals surface area contributed by atoms with Crippen LogP contribution in [0.4, 0.5) is 11.4 Å². The molecule has 2 heteroatoms. The molecule has 0 N–H and O–H groups in total. The molecule has 0 radical (unpaired) electrons. The molecular formula is C17H20N2. The molecule has 0 aliphatic heterocycles. The third kappa shape index (κ3) is 3.22. The molecule has 2 nitrogen and oxygen atoms in total. The van der Waals surface area contributed by atoms with Gasteiger partial charge in [0, 0.05) is 19.8 Å². The summed E-state index contributed by atoms with van der Waals surface area (Å²) in [5, 5.41) is 0. The first-order chi connectivity index (χ1) is 9.08. The lowest BCUT2D eigenvalue weighted by Crippen LogP contribution is -2.08. The van der Waals surface area contributed by atoms with Gasteiger partial charge in [-0.15, -0.1) is 0 Å². The van der Waals surface area contributed by atoms with Gasteiger partial charge in [-0.1, -0.05) is 42.0 Å². The highest BCUT2D eigenvalue weighted by Crippen LogP contribution is 2.27. The summed E-state index contributed by atoms with van der Waals surface area (Å²) in [5.74, 6) is 0. The number of hydrogen-bond acceptors (Lipinski definition) is 2. The highest BCUT2D eigenvalue weighted by Gasteiger charge is 2.03. The van der Waals surface area contributed by atoms with Crippen molar-refractivity contribution >= 4 is 17.1 Å². The van der Waals surface area contributed by atoms with Gasteiger partial charge in [0.1, 0.15) is 0 Å². The summed E-state index contributed by atoms with van der Waals surface area (Å²) in [7, 11) is 4.07. The minimum atomic E-state index is 1.01. The molecule has 0 saturated heterocycles. The third-order valence-corrected chi connectivity index (χ3v) is 3.12. The Kier molecular flexibility index (Phi) is 4.00. The van der Waals surface area contributed by atoms with Crippen LogP contribution >= 0.6 is 0 Å². The quantitative estimate of drug-likeness (QED) is 0.747. The number of anilines is 1. The fraction of sp³-hybridized carbons (Fsp3) is 0.235. The van der Waals surface area contributed by atoms with E-state index in [4.69, 9.17) is 4.99 Å². The lowest BCUT2D eigenvalue weighted by molar-refractivity contribution is 1.13. The average molecular weight is 252 g/mol. The van der Waals surface area contributed by atoms with Gasteiger partial charge in [0.05, 0.1) is 11.4 Å². The maximum absolute atomic E-state index is 4.76. The standard InChI is InChI=1S/C17H20N2/c1-13-9-11-15(12-10-13)14(2)18-16-7-5-6-8-17(16)19(3)4/h5-12H,1-4H3/b18-14+. The van der Waals surface area contributed by atoms with Crippen molar-refractivity contribution in [2.75, 3.05) is 19.0 Å². The van der Waals surface area contributed by atoms with Crippen LogP contribution in [0.3, 0.4) is 0 Å². The van der Waals surface area contributed by atoms with Gasteiger partial charge < -0.3 is 4.90 Å². The molecule has 2 aromatic rings. The van der Waals surface area contributed by atoms with Crippen LogP contribution in [0.2, 0.25) is 0 Å². The second-order valence-corrected chi connectivity index (χ2v) is 4.95. The van der Waals surface area contributed by atoms with Gasteiger partial charge in [0.25, 0.3) is 0 Å². The van der Waals surface area contributed by atoms with Crippen molar-refractivity contribution in [2.45, 2.75) is 13.8 Å². The lowest BCUT2D eigenvalue weighted by atomic mass is 10.1. The topological polar surface area (TPSA) is 15.6 Å². The van der Waals surface area contributed by atoms with Crippen LogP contribution in [0.15, 0.2) is 53.5 Å². The van der Waals surface area contributed by atoms with Gasteiger partial charge in [-0.25, -0.2) is 0 Å². The first kappa shape index (κ1) is 13.3. The average Bonchev–Trinajstić information content (AvgIpc) is 2.39. The van der Waals surface area contributed by atoms with Gasteiger partial charge in [0.2, 0.25) is 0 Å². The summed E-state index contributed by atoms with van der Waals surface area (Å²) >= 11 is 0. The Morgan fingerprint density at radius 3 is 2.21 bits per heavy atom. The van der Waals surface area contributed by atoms with E-state index in [1.165, 1.54) is 11.1 Å². The third-order valence-electron chi connectivity index (χ3n) is 3.12. The van der Waals surface area contributed by atoms with Crippen LogP contribution in [0, 0.1) is 6.92 Å². The van der Waals surface area contributed by atoms with Crippen LogP contribution < -0.4 is 4.90 Å². The van der Waals surface area contributed by atoms with E-state index in [1.54, 1.807) is 0 Å². The molecule has 0 bridgehead atoms. The molecular weight excluding hydrogens is 232 g/mol. The summed E-state index contributed by atoms with van der Waals surface area (Å²) < 4.78 is 0. The SMILES string of the molecule is C/C(=N\c1ccccc1N(C)C)c1ccc(C)cc1. The number of nitrogens with zero attached hydrogens (tertiary/aromatic N) is 2. The molecule has 0 aliphatic rings. The Morgan fingerprint density at radius 2 is 1.58 bits per heavy atom. The number of benzene rings is 2. The minimum Gasteiger partial charge on any atom is -0.376 e. The first-order valence-corrected chi connectivity index (χ1v) is 6.46. The molecule has 2 rings (SSSR count). The first-order valence-electron chi connectivity index (χ1n) is 6.46. The fourth-order valence-electron chi connectivity index (χ4n) is 1.98. The van der Waals surface area contributed by atoms with Crippen LogP contribution in [0.25, 0.3) is 0 Å². The maximum atomic E-state index is 4.76. The second-order valence-electron chi connectivity index (χ2n) is 4.95.